The van der Waals surface area contributed by atoms with E-state index in [1.165, 1.54) is 10.5 Å². The lowest BCUT2D eigenvalue weighted by molar-refractivity contribution is -0.148. The largest absolute Gasteiger partial charge is 0.484 e. The van der Waals surface area contributed by atoms with Crippen LogP contribution in [0.25, 0.3) is 0 Å². The van der Waals surface area contributed by atoms with Crippen molar-refractivity contribution in [3.63, 3.8) is 0 Å². The van der Waals surface area contributed by atoms with Gasteiger partial charge >= 0.3 is 5.97 Å². The van der Waals surface area contributed by atoms with Gasteiger partial charge in [-0.15, -0.1) is 0 Å². The first kappa shape index (κ1) is 16.3. The van der Waals surface area contributed by atoms with E-state index in [9.17, 15) is 9.59 Å². The average Bonchev–Trinajstić information content (AvgIpc) is 2.94. The quantitative estimate of drug-likeness (QED) is 0.928. The van der Waals surface area contributed by atoms with Gasteiger partial charge in [-0.2, -0.15) is 0 Å². The lowest BCUT2D eigenvalue weighted by atomic mass is 9.87. The van der Waals surface area contributed by atoms with Crippen LogP contribution in [0.4, 0.5) is 0 Å². The van der Waals surface area contributed by atoms with Gasteiger partial charge < -0.3 is 14.7 Å². The molecule has 0 radical (unpaired) electrons. The third-order valence-corrected chi connectivity index (χ3v) is 3.94. The van der Waals surface area contributed by atoms with E-state index < -0.39 is 12.0 Å². The molecule has 5 nitrogen and oxygen atoms in total. The van der Waals surface area contributed by atoms with Gasteiger partial charge in [0.05, 0.1) is 0 Å². The van der Waals surface area contributed by atoms with Crippen LogP contribution in [-0.2, 0) is 15.0 Å². The minimum absolute atomic E-state index is 0.0681. The maximum atomic E-state index is 12.1. The highest BCUT2D eigenvalue weighted by atomic mass is 16.5. The number of amides is 1. The van der Waals surface area contributed by atoms with E-state index >= 15 is 0 Å². The van der Waals surface area contributed by atoms with Gasteiger partial charge in [0.25, 0.3) is 5.91 Å². The van der Waals surface area contributed by atoms with Crippen molar-refractivity contribution in [2.75, 3.05) is 13.2 Å². The van der Waals surface area contributed by atoms with Crippen LogP contribution < -0.4 is 4.74 Å². The van der Waals surface area contributed by atoms with Crippen molar-refractivity contribution in [1.82, 2.24) is 4.90 Å². The third kappa shape index (κ3) is 3.78. The number of carbonyl (C=O) groups is 2. The number of aliphatic carboxylic acids is 1. The molecule has 0 bridgehead atoms. The first-order valence-electron chi connectivity index (χ1n) is 7.54. The van der Waals surface area contributed by atoms with E-state index in [2.05, 4.69) is 20.8 Å². The maximum absolute atomic E-state index is 12.1. The lowest BCUT2D eigenvalue weighted by Gasteiger charge is -2.22. The number of nitrogens with zero attached hydrogens (tertiary/aromatic N) is 1. The molecule has 0 spiro atoms. The van der Waals surface area contributed by atoms with Crippen LogP contribution in [0.2, 0.25) is 0 Å². The number of hydrogen-bond acceptors (Lipinski definition) is 3. The van der Waals surface area contributed by atoms with Gasteiger partial charge in [-0.05, 0) is 36.0 Å². The topological polar surface area (TPSA) is 66.8 Å². The van der Waals surface area contributed by atoms with Crippen LogP contribution in [0.15, 0.2) is 24.3 Å². The highest BCUT2D eigenvalue weighted by molar-refractivity contribution is 5.85. The predicted octanol–water partition coefficient (Wildman–Crippen LogP) is 2.44. The van der Waals surface area contributed by atoms with E-state index in [1.54, 1.807) is 0 Å². The Labute approximate surface area is 130 Å². The number of likely N-dealkylation sites (tertiary alicyclic amines) is 1. The molecule has 0 saturated carbocycles. The summed E-state index contributed by atoms with van der Waals surface area (Å²) in [4.78, 5) is 24.6. The molecule has 1 aliphatic heterocycles. The van der Waals surface area contributed by atoms with Gasteiger partial charge in [-0.25, -0.2) is 4.79 Å². The molecule has 1 amide bonds. The van der Waals surface area contributed by atoms with Crippen molar-refractivity contribution in [2.24, 2.45) is 0 Å². The van der Waals surface area contributed by atoms with Gasteiger partial charge in [-0.3, -0.25) is 4.79 Å². The Bertz CT molecular complexity index is 545. The molecule has 1 aromatic carbocycles. The monoisotopic (exact) mass is 305 g/mol. The summed E-state index contributed by atoms with van der Waals surface area (Å²) in [7, 11) is 0. The Kier molecular flexibility index (Phi) is 4.74. The minimum atomic E-state index is -0.944. The van der Waals surface area contributed by atoms with Crippen molar-refractivity contribution in [2.45, 2.75) is 45.1 Å². The number of carbonyl (C=O) groups excluding carboxylic acids is 1. The van der Waals surface area contributed by atoms with Crippen LogP contribution >= 0.6 is 0 Å². The van der Waals surface area contributed by atoms with Crippen LogP contribution in [0.1, 0.15) is 39.2 Å². The number of benzene rings is 1. The zero-order valence-electron chi connectivity index (χ0n) is 13.3. The van der Waals surface area contributed by atoms with Crippen molar-refractivity contribution >= 4 is 11.9 Å². The fourth-order valence-corrected chi connectivity index (χ4v) is 2.60. The second kappa shape index (κ2) is 6.38. The summed E-state index contributed by atoms with van der Waals surface area (Å²) in [5, 5.41) is 9.09. The smallest absolute Gasteiger partial charge is 0.326 e. The summed E-state index contributed by atoms with van der Waals surface area (Å²) in [5.41, 5.74) is 1.26. The van der Waals surface area contributed by atoms with Gasteiger partial charge in [0.15, 0.2) is 6.61 Å². The standard InChI is InChI=1S/C17H23NO4/c1-17(2,3)12-6-8-13(9-7-12)22-11-15(19)18-10-4-5-14(18)16(20)21/h6-9,14H,4-5,10-11H2,1-3H3,(H,20,21)/t14-/m1/s1. The highest BCUT2D eigenvalue weighted by Crippen LogP contribution is 2.24. The van der Waals surface area contributed by atoms with Gasteiger partial charge in [0.1, 0.15) is 11.8 Å². The molecule has 22 heavy (non-hydrogen) atoms. The highest BCUT2D eigenvalue weighted by Gasteiger charge is 2.33. The minimum Gasteiger partial charge on any atom is -0.484 e. The number of rotatable bonds is 4. The first-order chi connectivity index (χ1) is 10.3. The van der Waals surface area contributed by atoms with E-state index in [0.29, 0.717) is 18.7 Å². The SMILES string of the molecule is CC(C)(C)c1ccc(OCC(=O)N2CCC[C@@H]2C(=O)O)cc1. The molecule has 5 heteroatoms. The molecule has 0 aliphatic carbocycles. The van der Waals surface area contributed by atoms with Crippen molar-refractivity contribution in [3.8, 4) is 5.75 Å². The van der Waals surface area contributed by atoms with Crippen molar-refractivity contribution in [1.29, 1.82) is 0 Å². The van der Waals surface area contributed by atoms with E-state index in [4.69, 9.17) is 9.84 Å². The zero-order valence-corrected chi connectivity index (χ0v) is 13.3. The van der Waals surface area contributed by atoms with Gasteiger partial charge in [0.2, 0.25) is 0 Å². The molecule has 1 fully saturated rings. The second-order valence-electron chi connectivity index (χ2n) is 6.65. The molecule has 1 aliphatic rings. The van der Waals surface area contributed by atoms with Crippen molar-refractivity contribution < 1.29 is 19.4 Å². The van der Waals surface area contributed by atoms with Gasteiger partial charge in [0, 0.05) is 6.54 Å². The molecule has 1 heterocycles. The Morgan fingerprint density at radius 3 is 2.45 bits per heavy atom. The summed E-state index contributed by atoms with van der Waals surface area (Å²) in [6.45, 7) is 6.75. The van der Waals surface area contributed by atoms with Crippen molar-refractivity contribution in [3.05, 3.63) is 29.8 Å². The van der Waals surface area contributed by atoms with E-state index in [0.717, 1.165) is 6.42 Å². The number of carboxylic acid groups (broad SMARTS) is 1. The molecule has 1 saturated heterocycles. The van der Waals surface area contributed by atoms with Crippen LogP contribution in [0.5, 0.6) is 5.75 Å². The normalized spacial score (nSPS) is 18.3. The zero-order chi connectivity index (χ0) is 16.3. The number of carboxylic acids is 1. The van der Waals surface area contributed by atoms with Crippen LogP contribution in [0, 0.1) is 0 Å². The molecule has 0 unspecified atom stereocenters. The molecule has 1 N–H and O–H groups in total. The van der Waals surface area contributed by atoms with E-state index in [-0.39, 0.29) is 17.9 Å². The fourth-order valence-electron chi connectivity index (χ4n) is 2.60. The predicted molar refractivity (Wildman–Crippen MR) is 83.0 cm³/mol. The Morgan fingerprint density at radius 2 is 1.91 bits per heavy atom. The maximum Gasteiger partial charge on any atom is 0.326 e. The summed E-state index contributed by atoms with van der Waals surface area (Å²) in [5.74, 6) is -0.599. The number of hydrogen-bond donors (Lipinski definition) is 1. The Balaban J connectivity index is 1.92. The molecule has 0 aromatic heterocycles. The Morgan fingerprint density at radius 1 is 1.27 bits per heavy atom. The molecule has 120 valence electrons. The number of ether oxygens (including phenoxy) is 1. The molecule has 1 aromatic rings. The summed E-state index contributed by atoms with van der Waals surface area (Å²) < 4.78 is 5.49. The molecular weight excluding hydrogens is 282 g/mol. The third-order valence-electron chi connectivity index (χ3n) is 3.94. The fraction of sp³-hybridized carbons (Fsp3) is 0.529. The van der Waals surface area contributed by atoms with Gasteiger partial charge in [-0.1, -0.05) is 32.9 Å². The summed E-state index contributed by atoms with van der Waals surface area (Å²) in [6.07, 6.45) is 1.24. The summed E-state index contributed by atoms with van der Waals surface area (Å²) >= 11 is 0. The summed E-state index contributed by atoms with van der Waals surface area (Å²) in [6, 6.07) is 6.93. The first-order valence-corrected chi connectivity index (χ1v) is 7.54. The van der Waals surface area contributed by atoms with Crippen LogP contribution in [-0.4, -0.2) is 41.1 Å². The lowest BCUT2D eigenvalue weighted by Crippen LogP contribution is -2.42. The Hall–Kier alpha value is -2.04. The van der Waals surface area contributed by atoms with E-state index in [1.807, 2.05) is 24.3 Å². The average molecular weight is 305 g/mol. The molecule has 2 rings (SSSR count). The van der Waals surface area contributed by atoms with Crippen LogP contribution in [0.3, 0.4) is 0 Å². The molecular formula is C17H23NO4. The molecule has 1 atom stereocenters. The second-order valence-corrected chi connectivity index (χ2v) is 6.65.